The molecule has 2 aliphatic heterocycles. The Hall–Kier alpha value is -4.00. The second-order valence-corrected chi connectivity index (χ2v) is 10.4. The molecule has 4 amide bonds. The maximum Gasteiger partial charge on any atom is 0.337 e. The maximum atomic E-state index is 12.8. The van der Waals surface area contributed by atoms with Crippen LogP contribution < -0.4 is 21.3 Å². The van der Waals surface area contributed by atoms with Gasteiger partial charge in [-0.1, -0.05) is 0 Å². The van der Waals surface area contributed by atoms with E-state index in [9.17, 15) is 33.9 Å². The fraction of sp³-hybridized carbons (Fsp3) is 0.571. The number of ether oxygens (including phenoxy) is 1. The highest BCUT2D eigenvalue weighted by molar-refractivity contribution is 5.98. The number of hydrogen-bond donors (Lipinski definition) is 5. The number of piperidine rings is 2. The van der Waals surface area contributed by atoms with Crippen molar-refractivity contribution in [2.75, 3.05) is 46.4 Å². The Morgan fingerprint density at radius 3 is 2.37 bits per heavy atom. The SMILES string of the molecule is COC(=O)c1ccc(C(=O)NCC(=O)NC(CNC(=O)[C@@H]2CCCN(C(=O)CCC3CCNCC3)C2)C(=O)O)cc1. The molecule has 5 N–H and O–H groups in total. The molecule has 41 heavy (non-hydrogen) atoms. The third-order valence-electron chi connectivity index (χ3n) is 7.46. The quantitative estimate of drug-likeness (QED) is 0.213. The van der Waals surface area contributed by atoms with Crippen LogP contribution in [0.4, 0.5) is 0 Å². The smallest absolute Gasteiger partial charge is 0.337 e. The van der Waals surface area contributed by atoms with E-state index in [1.54, 1.807) is 4.90 Å². The van der Waals surface area contributed by atoms with Crippen molar-refractivity contribution < 1.29 is 38.6 Å². The summed E-state index contributed by atoms with van der Waals surface area (Å²) in [5, 5.41) is 20.1. The standard InChI is InChI=1S/C28H39N5O8/c1-41-28(40)20-7-5-19(6-8-20)25(36)31-16-23(34)32-22(27(38)39)15-30-26(37)21-3-2-14-33(17-21)24(35)9-4-18-10-12-29-13-11-18/h5-8,18,21-22,29H,2-4,9-17H2,1H3,(H,30,37)(H,31,36)(H,32,34)(H,38,39)/t21-,22?/m1/s1. The number of aliphatic carboxylic acids is 1. The van der Waals surface area contributed by atoms with Crippen LogP contribution in [0.1, 0.15) is 59.2 Å². The van der Waals surface area contributed by atoms with Gasteiger partial charge in [-0.15, -0.1) is 0 Å². The van der Waals surface area contributed by atoms with Gasteiger partial charge in [-0.3, -0.25) is 19.2 Å². The Bertz CT molecular complexity index is 1100. The second-order valence-electron chi connectivity index (χ2n) is 10.4. The van der Waals surface area contributed by atoms with Crippen LogP contribution in [-0.4, -0.2) is 98.0 Å². The molecular weight excluding hydrogens is 534 g/mol. The molecule has 2 saturated heterocycles. The monoisotopic (exact) mass is 573 g/mol. The first kappa shape index (κ1) is 31.5. The molecule has 0 aliphatic carbocycles. The topological polar surface area (TPSA) is 183 Å². The third-order valence-corrected chi connectivity index (χ3v) is 7.46. The van der Waals surface area contributed by atoms with Crippen LogP contribution in [0.2, 0.25) is 0 Å². The summed E-state index contributed by atoms with van der Waals surface area (Å²) >= 11 is 0. The van der Waals surface area contributed by atoms with E-state index >= 15 is 0 Å². The van der Waals surface area contributed by atoms with Crippen LogP contribution in [0.25, 0.3) is 0 Å². The van der Waals surface area contributed by atoms with Crippen molar-refractivity contribution in [3.63, 3.8) is 0 Å². The lowest BCUT2D eigenvalue weighted by atomic mass is 9.92. The second kappa shape index (κ2) is 15.7. The maximum absolute atomic E-state index is 12.8. The van der Waals surface area contributed by atoms with Crippen LogP contribution in [0.15, 0.2) is 24.3 Å². The van der Waals surface area contributed by atoms with Gasteiger partial charge < -0.3 is 36.0 Å². The average Bonchev–Trinajstić information content (AvgIpc) is 3.00. The lowest BCUT2D eigenvalue weighted by Gasteiger charge is -2.33. The number of carbonyl (C=O) groups is 6. The van der Waals surface area contributed by atoms with Gasteiger partial charge in [0.1, 0.15) is 6.04 Å². The Morgan fingerprint density at radius 1 is 1.02 bits per heavy atom. The van der Waals surface area contributed by atoms with Crippen LogP contribution in [0.5, 0.6) is 0 Å². The number of likely N-dealkylation sites (tertiary alicyclic amines) is 1. The fourth-order valence-electron chi connectivity index (χ4n) is 5.00. The van der Waals surface area contributed by atoms with E-state index in [-0.39, 0.29) is 36.0 Å². The van der Waals surface area contributed by atoms with Gasteiger partial charge in [-0.05, 0) is 75.4 Å². The highest BCUT2D eigenvalue weighted by Crippen LogP contribution is 2.21. The van der Waals surface area contributed by atoms with E-state index in [4.69, 9.17) is 0 Å². The van der Waals surface area contributed by atoms with Crippen LogP contribution >= 0.6 is 0 Å². The van der Waals surface area contributed by atoms with E-state index in [1.165, 1.54) is 31.4 Å². The number of carboxylic acids is 1. The van der Waals surface area contributed by atoms with Gasteiger partial charge in [-0.25, -0.2) is 9.59 Å². The molecular formula is C28H39N5O8. The summed E-state index contributed by atoms with van der Waals surface area (Å²) in [5.41, 5.74) is 0.451. The highest BCUT2D eigenvalue weighted by Gasteiger charge is 2.30. The normalized spacial score (nSPS) is 18.1. The molecule has 0 spiro atoms. The number of carbonyl (C=O) groups excluding carboxylic acids is 5. The van der Waals surface area contributed by atoms with E-state index in [2.05, 4.69) is 26.0 Å². The molecule has 0 radical (unpaired) electrons. The number of nitrogens with zero attached hydrogens (tertiary/aromatic N) is 1. The lowest BCUT2D eigenvalue weighted by molar-refractivity contribution is -0.141. The van der Waals surface area contributed by atoms with Gasteiger partial charge in [0, 0.05) is 31.6 Å². The Morgan fingerprint density at radius 2 is 1.71 bits per heavy atom. The number of hydrogen-bond acceptors (Lipinski definition) is 8. The zero-order valence-electron chi connectivity index (χ0n) is 23.3. The summed E-state index contributed by atoms with van der Waals surface area (Å²) in [7, 11) is 1.24. The molecule has 2 heterocycles. The Labute approximate surface area is 238 Å². The van der Waals surface area contributed by atoms with Gasteiger partial charge >= 0.3 is 11.9 Å². The third kappa shape index (κ3) is 9.85. The minimum atomic E-state index is -1.41. The first-order valence-electron chi connectivity index (χ1n) is 13.9. The predicted octanol–water partition coefficient (Wildman–Crippen LogP) is -0.0930. The molecule has 0 bridgehead atoms. The van der Waals surface area contributed by atoms with Gasteiger partial charge in [-0.2, -0.15) is 0 Å². The van der Waals surface area contributed by atoms with Crippen molar-refractivity contribution in [1.82, 2.24) is 26.2 Å². The molecule has 1 aromatic rings. The summed E-state index contributed by atoms with van der Waals surface area (Å²) in [5.74, 6) is -3.50. The molecule has 224 valence electrons. The minimum Gasteiger partial charge on any atom is -0.480 e. The first-order chi connectivity index (χ1) is 19.7. The molecule has 0 saturated carbocycles. The molecule has 2 fully saturated rings. The molecule has 3 rings (SSSR count). The number of benzene rings is 1. The van der Waals surface area contributed by atoms with Crippen molar-refractivity contribution in [2.24, 2.45) is 11.8 Å². The molecule has 2 aliphatic rings. The largest absolute Gasteiger partial charge is 0.480 e. The van der Waals surface area contributed by atoms with Crippen molar-refractivity contribution >= 4 is 35.6 Å². The molecule has 1 unspecified atom stereocenters. The first-order valence-corrected chi connectivity index (χ1v) is 13.9. The molecule has 1 aromatic carbocycles. The average molecular weight is 574 g/mol. The van der Waals surface area contributed by atoms with Gasteiger partial charge in [0.25, 0.3) is 5.91 Å². The van der Waals surface area contributed by atoms with Gasteiger partial charge in [0.2, 0.25) is 17.7 Å². The van der Waals surface area contributed by atoms with Crippen molar-refractivity contribution in [3.05, 3.63) is 35.4 Å². The molecule has 2 atom stereocenters. The van der Waals surface area contributed by atoms with Crippen LogP contribution in [-0.2, 0) is 23.9 Å². The molecule has 13 heteroatoms. The van der Waals surface area contributed by atoms with E-state index < -0.39 is 42.3 Å². The number of nitrogens with one attached hydrogen (secondary N) is 4. The Balaban J connectivity index is 1.41. The Kier molecular flexibility index (Phi) is 12.1. The minimum absolute atomic E-state index is 0.0400. The zero-order chi connectivity index (χ0) is 29.8. The molecule has 0 aromatic heterocycles. The van der Waals surface area contributed by atoms with E-state index in [1.807, 2.05) is 0 Å². The lowest BCUT2D eigenvalue weighted by Crippen LogP contribution is -2.52. The summed E-state index contributed by atoms with van der Waals surface area (Å²) in [6.07, 6.45) is 4.70. The summed E-state index contributed by atoms with van der Waals surface area (Å²) in [6, 6.07) is 4.18. The van der Waals surface area contributed by atoms with Crippen LogP contribution in [0, 0.1) is 11.8 Å². The van der Waals surface area contributed by atoms with Gasteiger partial charge in [0.15, 0.2) is 0 Å². The van der Waals surface area contributed by atoms with Crippen molar-refractivity contribution in [1.29, 1.82) is 0 Å². The number of esters is 1. The van der Waals surface area contributed by atoms with Gasteiger partial charge in [0.05, 0.1) is 25.1 Å². The summed E-state index contributed by atoms with van der Waals surface area (Å²) < 4.78 is 4.60. The number of rotatable bonds is 12. The van der Waals surface area contributed by atoms with Crippen LogP contribution in [0.3, 0.4) is 0 Å². The summed E-state index contributed by atoms with van der Waals surface area (Å²) in [6.45, 7) is 2.00. The fourth-order valence-corrected chi connectivity index (χ4v) is 5.00. The summed E-state index contributed by atoms with van der Waals surface area (Å²) in [4.78, 5) is 75.0. The predicted molar refractivity (Wildman–Crippen MR) is 147 cm³/mol. The zero-order valence-corrected chi connectivity index (χ0v) is 23.3. The number of amides is 4. The van der Waals surface area contributed by atoms with E-state index in [0.29, 0.717) is 31.7 Å². The number of methoxy groups -OCH3 is 1. The van der Waals surface area contributed by atoms with Crippen molar-refractivity contribution in [2.45, 2.75) is 44.6 Å². The molecule has 13 nitrogen and oxygen atoms in total. The van der Waals surface area contributed by atoms with E-state index in [0.717, 1.165) is 32.4 Å². The number of carboxylic acid groups (broad SMARTS) is 1. The highest BCUT2D eigenvalue weighted by atomic mass is 16.5. The van der Waals surface area contributed by atoms with Crippen molar-refractivity contribution in [3.8, 4) is 0 Å².